The number of carbonyl (C=O) groups excluding carboxylic acids is 1. The fraction of sp³-hybridized carbons (Fsp3) is 0.333. The van der Waals surface area contributed by atoms with Crippen LogP contribution in [0.4, 0.5) is 0 Å². The SMILES string of the molecule is C=CCNC(=O)/C(C#N)=C/c1ccc([C@@H]2C[C@@H]2C)o1. The Kier molecular flexibility index (Phi) is 3.86. The quantitative estimate of drug-likeness (QED) is 0.500. The lowest BCUT2D eigenvalue weighted by Gasteiger charge is -1.99. The van der Waals surface area contributed by atoms with Crippen LogP contribution in [-0.4, -0.2) is 12.5 Å². The molecule has 2 atom stereocenters. The average molecular weight is 256 g/mol. The molecular formula is C15H16N2O2. The fourth-order valence-electron chi connectivity index (χ4n) is 1.91. The summed E-state index contributed by atoms with van der Waals surface area (Å²) in [6, 6.07) is 5.58. The number of hydrogen-bond acceptors (Lipinski definition) is 3. The van der Waals surface area contributed by atoms with Gasteiger partial charge in [-0.1, -0.05) is 13.0 Å². The molecule has 1 N–H and O–H groups in total. The van der Waals surface area contributed by atoms with Gasteiger partial charge in [-0.25, -0.2) is 0 Å². The van der Waals surface area contributed by atoms with E-state index in [-0.39, 0.29) is 5.57 Å². The van der Waals surface area contributed by atoms with Crippen LogP contribution in [-0.2, 0) is 4.79 Å². The number of nitrogens with zero attached hydrogens (tertiary/aromatic N) is 1. The third-order valence-corrected chi connectivity index (χ3v) is 3.18. The summed E-state index contributed by atoms with van der Waals surface area (Å²) in [5, 5.41) is 11.5. The molecule has 0 spiro atoms. The molecular weight excluding hydrogens is 240 g/mol. The van der Waals surface area contributed by atoms with Gasteiger partial charge in [-0.05, 0) is 24.5 Å². The molecule has 98 valence electrons. The summed E-state index contributed by atoms with van der Waals surface area (Å²) >= 11 is 0. The highest BCUT2D eigenvalue weighted by molar-refractivity contribution is 6.01. The van der Waals surface area contributed by atoms with Gasteiger partial charge in [0.1, 0.15) is 23.2 Å². The maximum atomic E-state index is 11.7. The van der Waals surface area contributed by atoms with Crippen molar-refractivity contribution < 1.29 is 9.21 Å². The molecule has 2 rings (SSSR count). The molecule has 1 heterocycles. The van der Waals surface area contributed by atoms with Crippen LogP contribution in [0.25, 0.3) is 6.08 Å². The van der Waals surface area contributed by atoms with Crippen molar-refractivity contribution in [3.05, 3.63) is 41.9 Å². The standard InChI is InChI=1S/C15H16N2O2/c1-3-6-17-15(18)11(9-16)8-12-4-5-14(19-12)13-7-10(13)2/h3-5,8,10,13H,1,6-7H2,2H3,(H,17,18)/b11-8+/t10-,13+/m0/s1. The minimum absolute atomic E-state index is 0.0339. The molecule has 1 amide bonds. The highest BCUT2D eigenvalue weighted by atomic mass is 16.3. The van der Waals surface area contributed by atoms with Crippen LogP contribution >= 0.6 is 0 Å². The van der Waals surface area contributed by atoms with Gasteiger partial charge in [0.25, 0.3) is 5.91 Å². The Balaban J connectivity index is 2.09. The third kappa shape index (κ3) is 3.14. The zero-order chi connectivity index (χ0) is 13.8. The summed E-state index contributed by atoms with van der Waals surface area (Å²) in [7, 11) is 0. The van der Waals surface area contributed by atoms with Crippen molar-refractivity contribution >= 4 is 12.0 Å². The van der Waals surface area contributed by atoms with E-state index in [9.17, 15) is 4.79 Å². The smallest absolute Gasteiger partial charge is 0.262 e. The van der Waals surface area contributed by atoms with Crippen LogP contribution in [0.3, 0.4) is 0 Å². The average Bonchev–Trinajstić information content (AvgIpc) is 2.96. The fourth-order valence-corrected chi connectivity index (χ4v) is 1.91. The monoisotopic (exact) mass is 256 g/mol. The van der Waals surface area contributed by atoms with Gasteiger partial charge in [0.15, 0.2) is 0 Å². The van der Waals surface area contributed by atoms with E-state index in [1.807, 2.05) is 12.1 Å². The van der Waals surface area contributed by atoms with E-state index in [1.165, 1.54) is 6.08 Å². The third-order valence-electron chi connectivity index (χ3n) is 3.18. The number of furan rings is 1. The van der Waals surface area contributed by atoms with E-state index < -0.39 is 5.91 Å². The van der Waals surface area contributed by atoms with Gasteiger partial charge in [-0.2, -0.15) is 5.26 Å². The molecule has 1 aromatic rings. The molecule has 0 bridgehead atoms. The minimum atomic E-state index is -0.417. The van der Waals surface area contributed by atoms with Crippen molar-refractivity contribution in [2.45, 2.75) is 19.3 Å². The van der Waals surface area contributed by atoms with Crippen molar-refractivity contribution in [2.75, 3.05) is 6.54 Å². The van der Waals surface area contributed by atoms with Crippen LogP contribution < -0.4 is 5.32 Å². The molecule has 0 radical (unpaired) electrons. The van der Waals surface area contributed by atoms with Crippen molar-refractivity contribution in [3.63, 3.8) is 0 Å². The minimum Gasteiger partial charge on any atom is -0.461 e. The Bertz CT molecular complexity index is 563. The van der Waals surface area contributed by atoms with Crippen molar-refractivity contribution in [3.8, 4) is 6.07 Å². The molecule has 0 aliphatic heterocycles. The maximum Gasteiger partial charge on any atom is 0.262 e. The van der Waals surface area contributed by atoms with Gasteiger partial charge in [0, 0.05) is 18.5 Å². The second-order valence-corrected chi connectivity index (χ2v) is 4.73. The van der Waals surface area contributed by atoms with Crippen molar-refractivity contribution in [1.82, 2.24) is 5.32 Å². The lowest BCUT2D eigenvalue weighted by Crippen LogP contribution is -2.24. The number of hydrogen-bond donors (Lipinski definition) is 1. The van der Waals surface area contributed by atoms with Crippen LogP contribution in [0.1, 0.15) is 30.8 Å². The van der Waals surface area contributed by atoms with Gasteiger partial charge < -0.3 is 9.73 Å². The van der Waals surface area contributed by atoms with Crippen molar-refractivity contribution in [2.24, 2.45) is 5.92 Å². The molecule has 19 heavy (non-hydrogen) atoms. The van der Waals surface area contributed by atoms with Gasteiger partial charge >= 0.3 is 0 Å². The Labute approximate surface area is 112 Å². The number of rotatable bonds is 5. The first-order valence-electron chi connectivity index (χ1n) is 6.26. The van der Waals surface area contributed by atoms with Crippen LogP contribution in [0.15, 0.2) is 34.8 Å². The van der Waals surface area contributed by atoms with E-state index in [4.69, 9.17) is 9.68 Å². The van der Waals surface area contributed by atoms with Crippen LogP contribution in [0, 0.1) is 17.2 Å². The molecule has 1 aliphatic rings. The topological polar surface area (TPSA) is 66.0 Å². The summed E-state index contributed by atoms with van der Waals surface area (Å²) in [6.07, 6.45) is 4.17. The largest absolute Gasteiger partial charge is 0.461 e. The normalized spacial score (nSPS) is 21.6. The van der Waals surface area contributed by atoms with E-state index in [1.54, 1.807) is 12.1 Å². The van der Waals surface area contributed by atoms with E-state index in [0.717, 1.165) is 12.2 Å². The predicted octanol–water partition coefficient (Wildman–Crippen LogP) is 2.61. The number of nitriles is 1. The van der Waals surface area contributed by atoms with E-state index in [2.05, 4.69) is 18.8 Å². The van der Waals surface area contributed by atoms with Crippen LogP contribution in [0.2, 0.25) is 0 Å². The molecule has 1 aliphatic carbocycles. The first-order chi connectivity index (χ1) is 9.15. The zero-order valence-corrected chi connectivity index (χ0v) is 10.8. The molecule has 4 nitrogen and oxygen atoms in total. The highest BCUT2D eigenvalue weighted by Crippen LogP contribution is 2.47. The summed E-state index contributed by atoms with van der Waals surface area (Å²) in [4.78, 5) is 11.7. The Morgan fingerprint density at radius 3 is 3.00 bits per heavy atom. The molecule has 1 fully saturated rings. The number of amides is 1. The van der Waals surface area contributed by atoms with E-state index >= 15 is 0 Å². The van der Waals surface area contributed by atoms with Gasteiger partial charge in [0.05, 0.1) is 0 Å². The molecule has 1 aromatic heterocycles. The summed E-state index contributed by atoms with van der Waals surface area (Å²) in [5.41, 5.74) is 0.0339. The van der Waals surface area contributed by atoms with Crippen molar-refractivity contribution in [1.29, 1.82) is 5.26 Å². The summed E-state index contributed by atoms with van der Waals surface area (Å²) in [5.74, 6) is 2.21. The second-order valence-electron chi connectivity index (χ2n) is 4.73. The maximum absolute atomic E-state index is 11.7. The highest BCUT2D eigenvalue weighted by Gasteiger charge is 2.36. The molecule has 1 saturated carbocycles. The van der Waals surface area contributed by atoms with Gasteiger partial charge in [-0.3, -0.25) is 4.79 Å². The van der Waals surface area contributed by atoms with Crippen LogP contribution in [0.5, 0.6) is 0 Å². The molecule has 0 unspecified atom stereocenters. The predicted molar refractivity (Wildman–Crippen MR) is 72.0 cm³/mol. The molecule has 0 aromatic carbocycles. The lowest BCUT2D eigenvalue weighted by molar-refractivity contribution is -0.116. The zero-order valence-electron chi connectivity index (χ0n) is 10.8. The summed E-state index contributed by atoms with van der Waals surface area (Å²) < 4.78 is 5.64. The first kappa shape index (κ1) is 13.2. The Hall–Kier alpha value is -2.28. The van der Waals surface area contributed by atoms with Gasteiger partial charge in [-0.15, -0.1) is 6.58 Å². The number of nitrogens with one attached hydrogen (secondary N) is 1. The number of carbonyl (C=O) groups is 1. The Morgan fingerprint density at radius 2 is 2.42 bits per heavy atom. The summed E-state index contributed by atoms with van der Waals surface area (Å²) in [6.45, 7) is 6.01. The molecule has 4 heteroatoms. The van der Waals surface area contributed by atoms with E-state index in [0.29, 0.717) is 24.1 Å². The first-order valence-corrected chi connectivity index (χ1v) is 6.26. The second kappa shape index (κ2) is 5.57. The molecule has 0 saturated heterocycles. The Morgan fingerprint density at radius 1 is 1.68 bits per heavy atom. The van der Waals surface area contributed by atoms with Gasteiger partial charge in [0.2, 0.25) is 0 Å². The lowest BCUT2D eigenvalue weighted by atomic mass is 10.2.